The molecule has 1 amide bonds. The minimum atomic E-state index is -0.397. The Kier molecular flexibility index (Phi) is 6.77. The molecule has 0 aliphatic carbocycles. The van der Waals surface area contributed by atoms with Gasteiger partial charge in [0.2, 0.25) is 5.91 Å². The first-order chi connectivity index (χ1) is 12.1. The highest BCUT2D eigenvalue weighted by Gasteiger charge is 2.08. The van der Waals surface area contributed by atoms with Crippen molar-refractivity contribution in [2.24, 2.45) is 0 Å². The highest BCUT2D eigenvalue weighted by molar-refractivity contribution is 6.02. The molecule has 2 aromatic carbocycles. The zero-order chi connectivity index (χ0) is 18.1. The topological polar surface area (TPSA) is 64.6 Å². The summed E-state index contributed by atoms with van der Waals surface area (Å²) in [6.45, 7) is 2.30. The third-order valence-corrected chi connectivity index (χ3v) is 3.35. The lowest BCUT2D eigenvalue weighted by Crippen LogP contribution is -2.10. The summed E-state index contributed by atoms with van der Waals surface area (Å²) in [6.07, 6.45) is 3.90. The number of rotatable bonds is 7. The number of carbonyl (C=O) groups is 2. The van der Waals surface area contributed by atoms with Gasteiger partial charge in [0.1, 0.15) is 5.75 Å². The maximum atomic E-state index is 12.0. The van der Waals surface area contributed by atoms with Crippen molar-refractivity contribution in [3.05, 3.63) is 65.7 Å². The van der Waals surface area contributed by atoms with Crippen LogP contribution in [0.25, 0.3) is 6.08 Å². The standard InChI is InChI=1S/C20H21NO4/c1-3-13-25-20(23)16-5-4-6-17(14-16)21-19(22)12-9-15-7-10-18(24-2)11-8-15/h4-12,14H,3,13H2,1-2H3,(H,21,22). The summed E-state index contributed by atoms with van der Waals surface area (Å²) in [5.74, 6) is 0.0787. The van der Waals surface area contributed by atoms with Crippen LogP contribution >= 0.6 is 0 Å². The molecule has 0 aliphatic heterocycles. The predicted molar refractivity (Wildman–Crippen MR) is 97.7 cm³/mol. The number of ether oxygens (including phenoxy) is 2. The van der Waals surface area contributed by atoms with Crippen molar-refractivity contribution in [2.75, 3.05) is 19.0 Å². The Morgan fingerprint density at radius 1 is 1.12 bits per heavy atom. The van der Waals surface area contributed by atoms with Gasteiger partial charge in [0.25, 0.3) is 0 Å². The Bertz CT molecular complexity index is 751. The third-order valence-electron chi connectivity index (χ3n) is 3.35. The SMILES string of the molecule is CCCOC(=O)c1cccc(NC(=O)C=Cc2ccc(OC)cc2)c1. The van der Waals surface area contributed by atoms with Gasteiger partial charge in [0.05, 0.1) is 19.3 Å². The number of methoxy groups -OCH3 is 1. The third kappa shape index (κ3) is 5.80. The van der Waals surface area contributed by atoms with Gasteiger partial charge in [-0.15, -0.1) is 0 Å². The molecule has 0 radical (unpaired) electrons. The highest BCUT2D eigenvalue weighted by atomic mass is 16.5. The molecule has 2 rings (SSSR count). The summed E-state index contributed by atoms with van der Waals surface area (Å²) in [5, 5.41) is 2.73. The van der Waals surface area contributed by atoms with Crippen LogP contribution in [0, 0.1) is 0 Å². The molecule has 0 atom stereocenters. The zero-order valence-corrected chi connectivity index (χ0v) is 14.3. The Balaban J connectivity index is 1.97. The minimum Gasteiger partial charge on any atom is -0.497 e. The normalized spacial score (nSPS) is 10.5. The molecule has 25 heavy (non-hydrogen) atoms. The summed E-state index contributed by atoms with van der Waals surface area (Å²) in [6, 6.07) is 14.0. The lowest BCUT2D eigenvalue weighted by Gasteiger charge is -2.06. The quantitative estimate of drug-likeness (QED) is 0.613. The van der Waals surface area contributed by atoms with Crippen LogP contribution in [0.5, 0.6) is 5.75 Å². The Morgan fingerprint density at radius 2 is 1.88 bits per heavy atom. The Morgan fingerprint density at radius 3 is 2.56 bits per heavy atom. The largest absolute Gasteiger partial charge is 0.497 e. The fraction of sp³-hybridized carbons (Fsp3) is 0.200. The lowest BCUT2D eigenvalue weighted by molar-refractivity contribution is -0.111. The Hall–Kier alpha value is -3.08. The fourth-order valence-electron chi connectivity index (χ4n) is 2.07. The van der Waals surface area contributed by atoms with Crippen LogP contribution in [-0.2, 0) is 9.53 Å². The molecular formula is C20H21NO4. The van der Waals surface area contributed by atoms with Crippen LogP contribution in [0.15, 0.2) is 54.6 Å². The highest BCUT2D eigenvalue weighted by Crippen LogP contribution is 2.14. The molecule has 0 saturated carbocycles. The van der Waals surface area contributed by atoms with Crippen molar-refractivity contribution in [3.63, 3.8) is 0 Å². The van der Waals surface area contributed by atoms with E-state index in [9.17, 15) is 9.59 Å². The number of benzene rings is 2. The minimum absolute atomic E-state index is 0.283. The smallest absolute Gasteiger partial charge is 0.338 e. The molecule has 5 nitrogen and oxygen atoms in total. The van der Waals surface area contributed by atoms with Gasteiger partial charge in [0, 0.05) is 11.8 Å². The van der Waals surface area contributed by atoms with Crippen LogP contribution in [0.2, 0.25) is 0 Å². The van der Waals surface area contributed by atoms with Crippen LogP contribution in [0.3, 0.4) is 0 Å². The maximum Gasteiger partial charge on any atom is 0.338 e. The van der Waals surface area contributed by atoms with Gasteiger partial charge in [0.15, 0.2) is 0 Å². The number of esters is 1. The van der Waals surface area contributed by atoms with E-state index in [1.54, 1.807) is 37.5 Å². The van der Waals surface area contributed by atoms with E-state index in [0.717, 1.165) is 17.7 Å². The van der Waals surface area contributed by atoms with E-state index >= 15 is 0 Å². The monoisotopic (exact) mass is 339 g/mol. The van der Waals surface area contributed by atoms with Crippen molar-refractivity contribution >= 4 is 23.6 Å². The second-order valence-electron chi connectivity index (χ2n) is 5.31. The molecule has 0 unspecified atom stereocenters. The summed E-state index contributed by atoms with van der Waals surface area (Å²) in [4.78, 5) is 23.9. The lowest BCUT2D eigenvalue weighted by atomic mass is 10.2. The molecule has 0 bridgehead atoms. The number of hydrogen-bond donors (Lipinski definition) is 1. The molecule has 130 valence electrons. The molecule has 0 aromatic heterocycles. The van der Waals surface area contributed by atoms with Crippen LogP contribution < -0.4 is 10.1 Å². The van der Waals surface area contributed by atoms with Gasteiger partial charge in [-0.2, -0.15) is 0 Å². The molecular weight excluding hydrogens is 318 g/mol. The molecule has 0 spiro atoms. The van der Waals surface area contributed by atoms with E-state index < -0.39 is 5.97 Å². The van der Waals surface area contributed by atoms with E-state index in [-0.39, 0.29) is 5.91 Å². The van der Waals surface area contributed by atoms with Crippen LogP contribution in [0.1, 0.15) is 29.3 Å². The summed E-state index contributed by atoms with van der Waals surface area (Å²) < 4.78 is 10.2. The van der Waals surface area contributed by atoms with E-state index in [4.69, 9.17) is 9.47 Å². The van der Waals surface area contributed by atoms with Gasteiger partial charge >= 0.3 is 5.97 Å². The molecule has 0 saturated heterocycles. The van der Waals surface area contributed by atoms with Crippen molar-refractivity contribution < 1.29 is 19.1 Å². The second kappa shape index (κ2) is 9.27. The average Bonchev–Trinajstić information content (AvgIpc) is 2.65. The number of nitrogens with one attached hydrogen (secondary N) is 1. The Labute approximate surface area is 147 Å². The first kappa shape index (κ1) is 18.3. The number of hydrogen-bond acceptors (Lipinski definition) is 4. The molecule has 5 heteroatoms. The first-order valence-corrected chi connectivity index (χ1v) is 8.02. The summed E-state index contributed by atoms with van der Waals surface area (Å²) in [5.41, 5.74) is 1.83. The van der Waals surface area contributed by atoms with E-state index in [1.165, 1.54) is 6.08 Å². The van der Waals surface area contributed by atoms with E-state index in [1.807, 2.05) is 31.2 Å². The molecule has 1 N–H and O–H groups in total. The fourth-order valence-corrected chi connectivity index (χ4v) is 2.07. The molecule has 0 fully saturated rings. The predicted octanol–water partition coefficient (Wildman–Crippen LogP) is 3.91. The number of amides is 1. The molecule has 0 aliphatic rings. The van der Waals surface area contributed by atoms with E-state index in [2.05, 4.69) is 5.32 Å². The van der Waals surface area contributed by atoms with Crippen molar-refractivity contribution in [1.29, 1.82) is 0 Å². The van der Waals surface area contributed by atoms with Gasteiger partial charge in [-0.05, 0) is 48.4 Å². The van der Waals surface area contributed by atoms with Crippen molar-refractivity contribution in [1.82, 2.24) is 0 Å². The van der Waals surface area contributed by atoms with Crippen molar-refractivity contribution in [2.45, 2.75) is 13.3 Å². The van der Waals surface area contributed by atoms with Gasteiger partial charge in [-0.25, -0.2) is 4.79 Å². The van der Waals surface area contributed by atoms with Gasteiger partial charge < -0.3 is 14.8 Å². The van der Waals surface area contributed by atoms with Crippen molar-refractivity contribution in [3.8, 4) is 5.75 Å². The number of anilines is 1. The zero-order valence-electron chi connectivity index (χ0n) is 14.3. The molecule has 2 aromatic rings. The maximum absolute atomic E-state index is 12.0. The second-order valence-corrected chi connectivity index (χ2v) is 5.31. The average molecular weight is 339 g/mol. The van der Waals surface area contributed by atoms with Crippen LogP contribution in [-0.4, -0.2) is 25.6 Å². The van der Waals surface area contributed by atoms with Gasteiger partial charge in [-0.3, -0.25) is 4.79 Å². The van der Waals surface area contributed by atoms with E-state index in [0.29, 0.717) is 17.9 Å². The first-order valence-electron chi connectivity index (χ1n) is 8.02. The molecule has 0 heterocycles. The van der Waals surface area contributed by atoms with Crippen LogP contribution in [0.4, 0.5) is 5.69 Å². The summed E-state index contributed by atoms with van der Waals surface area (Å²) >= 11 is 0. The number of carbonyl (C=O) groups excluding carboxylic acids is 2. The van der Waals surface area contributed by atoms with Gasteiger partial charge in [-0.1, -0.05) is 25.1 Å². The summed E-state index contributed by atoms with van der Waals surface area (Å²) in [7, 11) is 1.60.